The number of carbonyl (C=O) groups excluding carboxylic acids is 1. The summed E-state index contributed by atoms with van der Waals surface area (Å²) in [5.41, 5.74) is 1.71. The lowest BCUT2D eigenvalue weighted by Gasteiger charge is -2.08. The molecule has 0 saturated carbocycles. The van der Waals surface area contributed by atoms with E-state index in [9.17, 15) is 13.2 Å². The van der Waals surface area contributed by atoms with Gasteiger partial charge in [-0.05, 0) is 42.0 Å². The molecule has 0 aliphatic heterocycles. The van der Waals surface area contributed by atoms with Crippen LogP contribution in [0.1, 0.15) is 6.92 Å². The van der Waals surface area contributed by atoms with Crippen molar-refractivity contribution in [3.63, 3.8) is 0 Å². The first-order valence-corrected chi connectivity index (χ1v) is 9.37. The van der Waals surface area contributed by atoms with Gasteiger partial charge < -0.3 is 14.6 Å². The number of nitrogens with one attached hydrogen (secondary N) is 2. The monoisotopic (exact) mass is 387 g/mol. The fraction of sp³-hybridized carbons (Fsp3) is 0.111. The van der Waals surface area contributed by atoms with E-state index < -0.39 is 10.0 Å². The van der Waals surface area contributed by atoms with Gasteiger partial charge in [0.1, 0.15) is 5.75 Å². The van der Waals surface area contributed by atoms with Gasteiger partial charge in [-0.3, -0.25) is 4.79 Å². The van der Waals surface area contributed by atoms with Crippen LogP contribution in [0, 0.1) is 0 Å². The van der Waals surface area contributed by atoms with Crippen LogP contribution in [0.3, 0.4) is 0 Å². The van der Waals surface area contributed by atoms with Crippen molar-refractivity contribution in [1.82, 2.24) is 5.16 Å². The lowest BCUT2D eigenvalue weighted by molar-refractivity contribution is -0.114. The van der Waals surface area contributed by atoms with Crippen molar-refractivity contribution in [1.29, 1.82) is 0 Å². The van der Waals surface area contributed by atoms with Gasteiger partial charge in [-0.1, -0.05) is 17.3 Å². The molecule has 0 atom stereocenters. The number of sulfonamides is 1. The zero-order valence-corrected chi connectivity index (χ0v) is 15.4. The van der Waals surface area contributed by atoms with Gasteiger partial charge in [0.2, 0.25) is 11.8 Å². The maximum atomic E-state index is 12.6. The molecule has 3 rings (SSSR count). The van der Waals surface area contributed by atoms with E-state index in [2.05, 4.69) is 15.2 Å². The Morgan fingerprint density at radius 3 is 2.33 bits per heavy atom. The van der Waals surface area contributed by atoms with Gasteiger partial charge in [0.05, 0.1) is 23.8 Å². The minimum atomic E-state index is -3.89. The van der Waals surface area contributed by atoms with Crippen LogP contribution >= 0.6 is 0 Å². The summed E-state index contributed by atoms with van der Waals surface area (Å²) < 4.78 is 37.8. The van der Waals surface area contributed by atoms with E-state index in [1.807, 2.05) is 0 Å². The van der Waals surface area contributed by atoms with Gasteiger partial charge >= 0.3 is 0 Å². The van der Waals surface area contributed by atoms with E-state index in [0.717, 1.165) is 5.56 Å². The zero-order chi connectivity index (χ0) is 19.4. The van der Waals surface area contributed by atoms with E-state index in [0.29, 0.717) is 17.0 Å². The van der Waals surface area contributed by atoms with Crippen molar-refractivity contribution in [2.45, 2.75) is 11.8 Å². The van der Waals surface area contributed by atoms with E-state index >= 15 is 0 Å². The molecule has 0 aliphatic rings. The quantitative estimate of drug-likeness (QED) is 0.672. The highest BCUT2D eigenvalue weighted by Crippen LogP contribution is 2.30. The highest BCUT2D eigenvalue weighted by molar-refractivity contribution is 7.92. The van der Waals surface area contributed by atoms with E-state index in [1.54, 1.807) is 31.4 Å². The number of carbonyl (C=O) groups is 1. The topological polar surface area (TPSA) is 111 Å². The van der Waals surface area contributed by atoms with Crippen LogP contribution in [0.25, 0.3) is 11.1 Å². The molecular formula is C18H17N3O5S. The van der Waals surface area contributed by atoms with Crippen LogP contribution in [-0.2, 0) is 14.8 Å². The molecule has 0 spiro atoms. The van der Waals surface area contributed by atoms with Gasteiger partial charge in [-0.25, -0.2) is 13.1 Å². The molecular weight excluding hydrogens is 370 g/mol. The molecule has 0 aliphatic carbocycles. The molecule has 2 aromatic carbocycles. The normalized spacial score (nSPS) is 11.0. The third kappa shape index (κ3) is 4.26. The average molecular weight is 387 g/mol. The van der Waals surface area contributed by atoms with Crippen LogP contribution in [0.4, 0.5) is 11.6 Å². The summed E-state index contributed by atoms with van der Waals surface area (Å²) in [6.45, 7) is 1.37. The van der Waals surface area contributed by atoms with Crippen LogP contribution in [0.5, 0.6) is 5.75 Å². The number of hydrogen-bond acceptors (Lipinski definition) is 6. The Hall–Kier alpha value is -3.33. The minimum absolute atomic E-state index is 0.00565. The number of rotatable bonds is 6. The lowest BCUT2D eigenvalue weighted by atomic mass is 10.1. The number of hydrogen-bond donors (Lipinski definition) is 2. The Kier molecular flexibility index (Phi) is 5.13. The predicted molar refractivity (Wildman–Crippen MR) is 100 cm³/mol. The number of benzene rings is 2. The Labute approximate surface area is 156 Å². The van der Waals surface area contributed by atoms with Gasteiger partial charge in [-0.15, -0.1) is 0 Å². The van der Waals surface area contributed by atoms with Gasteiger partial charge in [-0.2, -0.15) is 0 Å². The summed E-state index contributed by atoms with van der Waals surface area (Å²) >= 11 is 0. The molecule has 2 N–H and O–H groups in total. The van der Waals surface area contributed by atoms with E-state index in [4.69, 9.17) is 9.26 Å². The molecule has 27 heavy (non-hydrogen) atoms. The third-order valence-corrected chi connectivity index (χ3v) is 5.03. The third-order valence-electron chi connectivity index (χ3n) is 3.68. The maximum absolute atomic E-state index is 12.6. The van der Waals surface area contributed by atoms with Crippen molar-refractivity contribution < 1.29 is 22.5 Å². The summed E-state index contributed by atoms with van der Waals surface area (Å²) in [5, 5.41) is 6.26. The Morgan fingerprint density at radius 1 is 1.07 bits per heavy atom. The van der Waals surface area contributed by atoms with Crippen LogP contribution in [0.15, 0.2) is 64.1 Å². The molecule has 1 amide bonds. The number of aromatic nitrogens is 1. The second-order valence-electron chi connectivity index (χ2n) is 5.61. The maximum Gasteiger partial charge on any atom is 0.264 e. The molecule has 1 aromatic heterocycles. The molecule has 0 unspecified atom stereocenters. The number of nitrogens with zero attached hydrogens (tertiary/aromatic N) is 1. The first-order valence-electron chi connectivity index (χ1n) is 7.88. The molecule has 140 valence electrons. The first-order chi connectivity index (χ1) is 12.9. The Balaban J connectivity index is 1.84. The standard InChI is InChI=1S/C18H17N3O5S/c1-12(22)20-14-5-9-16(10-6-14)27(23,24)21-18-17(11-19-26-18)13-3-7-15(25-2)8-4-13/h3-11,21H,1-2H3,(H,20,22). The zero-order valence-electron chi connectivity index (χ0n) is 14.6. The summed E-state index contributed by atoms with van der Waals surface area (Å²) in [4.78, 5) is 11.1. The van der Waals surface area contributed by atoms with Gasteiger partial charge in [0.15, 0.2) is 0 Å². The SMILES string of the molecule is COc1ccc(-c2cnoc2NS(=O)(=O)c2ccc(NC(C)=O)cc2)cc1. The van der Waals surface area contributed by atoms with E-state index in [-0.39, 0.29) is 16.7 Å². The Morgan fingerprint density at radius 2 is 1.74 bits per heavy atom. The number of anilines is 2. The van der Waals surface area contributed by atoms with Crippen molar-refractivity contribution in [3.8, 4) is 16.9 Å². The van der Waals surface area contributed by atoms with Crippen LogP contribution in [-0.4, -0.2) is 26.6 Å². The minimum Gasteiger partial charge on any atom is -0.497 e. The highest BCUT2D eigenvalue weighted by Gasteiger charge is 2.20. The summed E-state index contributed by atoms with van der Waals surface area (Å²) in [6.07, 6.45) is 1.43. The summed E-state index contributed by atoms with van der Waals surface area (Å²) in [5.74, 6) is 0.442. The molecule has 3 aromatic rings. The van der Waals surface area contributed by atoms with Crippen molar-refractivity contribution in [3.05, 3.63) is 54.7 Å². The fourth-order valence-corrected chi connectivity index (χ4v) is 3.39. The molecule has 0 saturated heterocycles. The second-order valence-corrected chi connectivity index (χ2v) is 7.29. The first kappa shape index (κ1) is 18.5. The molecule has 8 nitrogen and oxygen atoms in total. The Bertz CT molecular complexity index is 1040. The van der Waals surface area contributed by atoms with Crippen LogP contribution < -0.4 is 14.8 Å². The van der Waals surface area contributed by atoms with Gasteiger partial charge in [0.25, 0.3) is 10.0 Å². The smallest absolute Gasteiger partial charge is 0.264 e. The average Bonchev–Trinajstić information content (AvgIpc) is 3.09. The number of methoxy groups -OCH3 is 1. The molecule has 0 radical (unpaired) electrons. The van der Waals surface area contributed by atoms with Crippen molar-refractivity contribution >= 4 is 27.5 Å². The van der Waals surface area contributed by atoms with Crippen LogP contribution in [0.2, 0.25) is 0 Å². The van der Waals surface area contributed by atoms with Crippen molar-refractivity contribution in [2.24, 2.45) is 0 Å². The highest BCUT2D eigenvalue weighted by atomic mass is 32.2. The molecule has 0 fully saturated rings. The summed E-state index contributed by atoms with van der Waals surface area (Å²) in [6, 6.07) is 12.8. The molecule has 0 bridgehead atoms. The second kappa shape index (κ2) is 7.50. The van der Waals surface area contributed by atoms with Gasteiger partial charge in [0, 0.05) is 12.6 Å². The number of amides is 1. The fourth-order valence-electron chi connectivity index (χ4n) is 2.39. The lowest BCUT2D eigenvalue weighted by Crippen LogP contribution is -2.13. The largest absolute Gasteiger partial charge is 0.497 e. The van der Waals surface area contributed by atoms with E-state index in [1.165, 1.54) is 37.4 Å². The van der Waals surface area contributed by atoms with Crippen molar-refractivity contribution in [2.75, 3.05) is 17.1 Å². The predicted octanol–water partition coefficient (Wildman–Crippen LogP) is 3.11. The molecule has 1 heterocycles. The summed E-state index contributed by atoms with van der Waals surface area (Å²) in [7, 11) is -2.33. The number of ether oxygens (including phenoxy) is 1. The molecule has 9 heteroatoms.